The summed E-state index contributed by atoms with van der Waals surface area (Å²) in [4.78, 5) is 17.2. The molecule has 2 aromatic carbocycles. The number of amidine groups is 1. The van der Waals surface area contributed by atoms with Gasteiger partial charge in [0.2, 0.25) is 0 Å². The number of ether oxygens (including phenoxy) is 1. The van der Waals surface area contributed by atoms with Gasteiger partial charge in [-0.1, -0.05) is 48.9 Å². The quantitative estimate of drug-likeness (QED) is 0.749. The zero-order valence-electron chi connectivity index (χ0n) is 13.7. The van der Waals surface area contributed by atoms with Crippen LogP contribution in [0.5, 0.6) is 5.75 Å². The highest BCUT2D eigenvalue weighted by Gasteiger charge is 2.24. The number of hydrogen-bond donors (Lipinski definition) is 1. The van der Waals surface area contributed by atoms with Crippen molar-refractivity contribution in [3.63, 3.8) is 0 Å². The zero-order valence-corrected chi connectivity index (χ0v) is 15.2. The molecule has 1 aliphatic rings. The number of nitrogens with zero attached hydrogens (tertiary/aromatic N) is 1. The van der Waals surface area contributed by atoms with E-state index in [0.717, 1.165) is 17.7 Å². The summed E-state index contributed by atoms with van der Waals surface area (Å²) in [6, 6.07) is 14.9. The Morgan fingerprint density at radius 3 is 2.76 bits per heavy atom. The fourth-order valence-electron chi connectivity index (χ4n) is 2.22. The van der Waals surface area contributed by atoms with E-state index >= 15 is 0 Å². The zero-order chi connectivity index (χ0) is 17.6. The summed E-state index contributed by atoms with van der Waals surface area (Å²) >= 11 is 7.40. The number of amides is 1. The molecule has 1 N–H and O–H groups in total. The van der Waals surface area contributed by atoms with Gasteiger partial charge in [0.05, 0.1) is 22.2 Å². The van der Waals surface area contributed by atoms with Crippen LogP contribution >= 0.6 is 23.4 Å². The Balaban J connectivity index is 1.84. The van der Waals surface area contributed by atoms with Crippen LogP contribution in [-0.2, 0) is 4.79 Å². The average molecular weight is 373 g/mol. The Kier molecular flexibility index (Phi) is 5.79. The third-order valence-electron chi connectivity index (χ3n) is 3.39. The number of halogens is 1. The van der Waals surface area contributed by atoms with Crippen LogP contribution in [0.4, 0.5) is 5.69 Å². The second-order valence-corrected chi connectivity index (χ2v) is 6.76. The van der Waals surface area contributed by atoms with Crippen LogP contribution in [0.1, 0.15) is 18.9 Å². The van der Waals surface area contributed by atoms with Gasteiger partial charge >= 0.3 is 0 Å². The SMILES string of the molecule is CCCOc1ccccc1/C=C1\SC(=Nc2ccccc2Cl)NC1=O. The van der Waals surface area contributed by atoms with E-state index in [-0.39, 0.29) is 5.91 Å². The highest BCUT2D eigenvalue weighted by atomic mass is 35.5. The second kappa shape index (κ2) is 8.23. The van der Waals surface area contributed by atoms with Gasteiger partial charge in [-0.3, -0.25) is 4.79 Å². The van der Waals surface area contributed by atoms with Crippen molar-refractivity contribution in [2.24, 2.45) is 4.99 Å². The van der Waals surface area contributed by atoms with Crippen molar-refractivity contribution in [3.8, 4) is 5.75 Å². The topological polar surface area (TPSA) is 50.7 Å². The van der Waals surface area contributed by atoms with Crippen molar-refractivity contribution in [1.29, 1.82) is 0 Å². The molecule has 0 spiro atoms. The number of para-hydroxylation sites is 2. The molecular formula is C19H17ClN2O2S. The summed E-state index contributed by atoms with van der Waals surface area (Å²) in [6.07, 6.45) is 2.74. The lowest BCUT2D eigenvalue weighted by molar-refractivity contribution is -0.115. The normalized spacial score (nSPS) is 17.1. The summed E-state index contributed by atoms with van der Waals surface area (Å²) < 4.78 is 5.74. The van der Waals surface area contributed by atoms with Gasteiger partial charge in [0, 0.05) is 5.56 Å². The maximum atomic E-state index is 12.2. The Bertz CT molecular complexity index is 849. The fourth-order valence-corrected chi connectivity index (χ4v) is 3.22. The molecule has 1 heterocycles. The van der Waals surface area contributed by atoms with E-state index in [1.165, 1.54) is 11.8 Å². The van der Waals surface area contributed by atoms with E-state index in [2.05, 4.69) is 17.2 Å². The number of aliphatic imine (C=N–C) groups is 1. The van der Waals surface area contributed by atoms with Crippen molar-refractivity contribution in [2.45, 2.75) is 13.3 Å². The summed E-state index contributed by atoms with van der Waals surface area (Å²) in [6.45, 7) is 2.69. The molecule has 1 saturated heterocycles. The van der Waals surface area contributed by atoms with Crippen molar-refractivity contribution >= 4 is 46.2 Å². The van der Waals surface area contributed by atoms with Crippen LogP contribution in [0.2, 0.25) is 5.02 Å². The van der Waals surface area contributed by atoms with Crippen LogP contribution in [0.25, 0.3) is 6.08 Å². The van der Waals surface area contributed by atoms with Gasteiger partial charge < -0.3 is 10.1 Å². The van der Waals surface area contributed by atoms with Gasteiger partial charge in [0.15, 0.2) is 5.17 Å². The summed E-state index contributed by atoms with van der Waals surface area (Å²) in [5, 5.41) is 3.82. The van der Waals surface area contributed by atoms with Crippen molar-refractivity contribution in [1.82, 2.24) is 5.32 Å². The minimum Gasteiger partial charge on any atom is -0.493 e. The maximum Gasteiger partial charge on any atom is 0.264 e. The van der Waals surface area contributed by atoms with Gasteiger partial charge in [0.1, 0.15) is 5.75 Å². The number of thioether (sulfide) groups is 1. The number of carbonyl (C=O) groups excluding carboxylic acids is 1. The standard InChI is InChI=1S/C19H17ClN2O2S/c1-2-11-24-16-10-6-3-7-13(16)12-17-18(23)22-19(25-17)21-15-9-5-4-8-14(15)20/h3-10,12H,2,11H2,1H3,(H,21,22,23)/b17-12-. The van der Waals surface area contributed by atoms with E-state index in [1.54, 1.807) is 12.1 Å². The summed E-state index contributed by atoms with van der Waals surface area (Å²) in [5.74, 6) is 0.586. The monoisotopic (exact) mass is 372 g/mol. The molecule has 0 aromatic heterocycles. The highest BCUT2D eigenvalue weighted by molar-refractivity contribution is 8.18. The molecule has 1 fully saturated rings. The number of benzene rings is 2. The smallest absolute Gasteiger partial charge is 0.264 e. The Morgan fingerprint density at radius 1 is 1.20 bits per heavy atom. The Hall–Kier alpha value is -2.24. The molecule has 0 bridgehead atoms. The third-order valence-corrected chi connectivity index (χ3v) is 4.62. The molecule has 2 aromatic rings. The Morgan fingerprint density at radius 2 is 1.96 bits per heavy atom. The van der Waals surface area contributed by atoms with Gasteiger partial charge in [-0.05, 0) is 42.5 Å². The third kappa shape index (κ3) is 4.44. The first-order valence-electron chi connectivity index (χ1n) is 7.93. The first-order chi connectivity index (χ1) is 12.2. The van der Waals surface area contributed by atoms with Gasteiger partial charge in [-0.15, -0.1) is 0 Å². The van der Waals surface area contributed by atoms with Crippen LogP contribution in [0.3, 0.4) is 0 Å². The van der Waals surface area contributed by atoms with Crippen molar-refractivity contribution in [3.05, 3.63) is 64.0 Å². The molecule has 1 aliphatic heterocycles. The molecule has 0 aliphatic carbocycles. The number of carbonyl (C=O) groups is 1. The van der Waals surface area contributed by atoms with E-state index in [0.29, 0.717) is 27.4 Å². The molecule has 25 heavy (non-hydrogen) atoms. The van der Waals surface area contributed by atoms with E-state index in [9.17, 15) is 4.79 Å². The van der Waals surface area contributed by atoms with E-state index in [4.69, 9.17) is 16.3 Å². The van der Waals surface area contributed by atoms with Crippen molar-refractivity contribution in [2.75, 3.05) is 6.61 Å². The summed E-state index contributed by atoms with van der Waals surface area (Å²) in [5.41, 5.74) is 1.49. The Labute approximate surface area is 155 Å². The number of nitrogens with one attached hydrogen (secondary N) is 1. The minimum atomic E-state index is -0.180. The molecule has 3 rings (SSSR count). The van der Waals surface area contributed by atoms with Crippen LogP contribution < -0.4 is 10.1 Å². The molecule has 6 heteroatoms. The van der Waals surface area contributed by atoms with E-state index < -0.39 is 0 Å². The first-order valence-corrected chi connectivity index (χ1v) is 9.12. The molecule has 1 amide bonds. The van der Waals surface area contributed by atoms with Crippen LogP contribution in [-0.4, -0.2) is 17.7 Å². The molecule has 128 valence electrons. The molecule has 0 unspecified atom stereocenters. The van der Waals surface area contributed by atoms with E-state index in [1.807, 2.05) is 42.5 Å². The summed E-state index contributed by atoms with van der Waals surface area (Å²) in [7, 11) is 0. The van der Waals surface area contributed by atoms with Crippen molar-refractivity contribution < 1.29 is 9.53 Å². The first kappa shape index (κ1) is 17.6. The fraction of sp³-hybridized carbons (Fsp3) is 0.158. The molecular weight excluding hydrogens is 356 g/mol. The largest absolute Gasteiger partial charge is 0.493 e. The molecule has 0 radical (unpaired) electrons. The van der Waals surface area contributed by atoms with Crippen LogP contribution in [0.15, 0.2) is 58.4 Å². The van der Waals surface area contributed by atoms with Gasteiger partial charge in [-0.25, -0.2) is 4.99 Å². The molecule has 0 saturated carbocycles. The van der Waals surface area contributed by atoms with Crippen LogP contribution in [0, 0.1) is 0 Å². The molecule has 0 atom stereocenters. The highest BCUT2D eigenvalue weighted by Crippen LogP contribution is 2.32. The minimum absolute atomic E-state index is 0.180. The maximum absolute atomic E-state index is 12.2. The van der Waals surface area contributed by atoms with Gasteiger partial charge in [-0.2, -0.15) is 0 Å². The predicted octanol–water partition coefficient (Wildman–Crippen LogP) is 5.02. The lowest BCUT2D eigenvalue weighted by atomic mass is 10.2. The second-order valence-electron chi connectivity index (χ2n) is 5.32. The van der Waals surface area contributed by atoms with Gasteiger partial charge in [0.25, 0.3) is 5.91 Å². The molecule has 4 nitrogen and oxygen atoms in total. The predicted molar refractivity (Wildman–Crippen MR) is 104 cm³/mol. The number of rotatable bonds is 5. The lowest BCUT2D eigenvalue weighted by Gasteiger charge is -2.07. The number of hydrogen-bond acceptors (Lipinski definition) is 4. The average Bonchev–Trinajstić information content (AvgIpc) is 2.95. The lowest BCUT2D eigenvalue weighted by Crippen LogP contribution is -2.19.